The Bertz CT molecular complexity index is 370. The normalized spacial score (nSPS) is 14.4. The molecule has 108 valence electrons. The lowest BCUT2D eigenvalue weighted by atomic mass is 9.90. The summed E-state index contributed by atoms with van der Waals surface area (Å²) in [6.07, 6.45) is 6.54. The summed E-state index contributed by atoms with van der Waals surface area (Å²) >= 11 is 0. The zero-order valence-electron chi connectivity index (χ0n) is 13.1. The van der Waals surface area contributed by atoms with Crippen LogP contribution in [-0.4, -0.2) is 11.2 Å². The first-order valence-electron chi connectivity index (χ1n) is 7.81. The minimum absolute atomic E-state index is 0.192. The Morgan fingerprint density at radius 1 is 1.16 bits per heavy atom. The molecule has 0 spiro atoms. The van der Waals surface area contributed by atoms with E-state index in [1.807, 2.05) is 0 Å². The van der Waals surface area contributed by atoms with Gasteiger partial charge in [0.2, 0.25) is 0 Å². The van der Waals surface area contributed by atoms with E-state index in [0.717, 1.165) is 12.8 Å². The highest BCUT2D eigenvalue weighted by molar-refractivity contribution is 5.30. The van der Waals surface area contributed by atoms with Crippen molar-refractivity contribution in [1.29, 1.82) is 0 Å². The number of aryl methyl sites for hydroxylation is 2. The molecule has 19 heavy (non-hydrogen) atoms. The Hall–Kier alpha value is -0.820. The second-order valence-electron chi connectivity index (χ2n) is 5.94. The van der Waals surface area contributed by atoms with Crippen LogP contribution in [0.4, 0.5) is 0 Å². The molecule has 0 saturated heterocycles. The van der Waals surface area contributed by atoms with Gasteiger partial charge in [-0.2, -0.15) is 0 Å². The van der Waals surface area contributed by atoms with Crippen LogP contribution in [0, 0.1) is 19.8 Å². The van der Waals surface area contributed by atoms with Crippen LogP contribution in [0.25, 0.3) is 0 Å². The topological polar surface area (TPSA) is 20.2 Å². The fourth-order valence-electron chi connectivity index (χ4n) is 2.72. The van der Waals surface area contributed by atoms with E-state index in [9.17, 15) is 5.11 Å². The molecule has 0 aliphatic carbocycles. The average Bonchev–Trinajstić information content (AvgIpc) is 2.38. The fourth-order valence-corrected chi connectivity index (χ4v) is 2.72. The standard InChI is InChI=1S/C18H30O/c1-5-7-8-16(6-2)12-18(19)13-17-11-14(3)9-10-15(17)4/h9-11,16,18-19H,5-8,12-13H2,1-4H3. The first-order valence-corrected chi connectivity index (χ1v) is 7.81. The minimum Gasteiger partial charge on any atom is -0.393 e. The maximum Gasteiger partial charge on any atom is 0.0583 e. The largest absolute Gasteiger partial charge is 0.393 e. The van der Waals surface area contributed by atoms with Gasteiger partial charge in [-0.3, -0.25) is 0 Å². The molecule has 0 amide bonds. The van der Waals surface area contributed by atoms with Crippen molar-refractivity contribution in [2.75, 3.05) is 0 Å². The van der Waals surface area contributed by atoms with Crippen LogP contribution in [0.5, 0.6) is 0 Å². The van der Waals surface area contributed by atoms with Crippen molar-refractivity contribution in [2.45, 2.75) is 72.3 Å². The molecule has 0 radical (unpaired) electrons. The van der Waals surface area contributed by atoms with Crippen molar-refractivity contribution < 1.29 is 5.11 Å². The van der Waals surface area contributed by atoms with Gasteiger partial charge in [-0.05, 0) is 43.7 Å². The van der Waals surface area contributed by atoms with Gasteiger partial charge in [0.1, 0.15) is 0 Å². The second-order valence-corrected chi connectivity index (χ2v) is 5.94. The number of aliphatic hydroxyl groups excluding tert-OH is 1. The highest BCUT2D eigenvalue weighted by Gasteiger charge is 2.14. The molecule has 1 N–H and O–H groups in total. The third-order valence-corrected chi connectivity index (χ3v) is 4.11. The van der Waals surface area contributed by atoms with Gasteiger partial charge in [0, 0.05) is 0 Å². The average molecular weight is 262 g/mol. The highest BCUT2D eigenvalue weighted by Crippen LogP contribution is 2.21. The van der Waals surface area contributed by atoms with Gasteiger partial charge in [-0.25, -0.2) is 0 Å². The Labute approximate surface area is 119 Å². The number of hydrogen-bond acceptors (Lipinski definition) is 1. The van der Waals surface area contributed by atoms with Gasteiger partial charge in [0.25, 0.3) is 0 Å². The summed E-state index contributed by atoms with van der Waals surface area (Å²) in [4.78, 5) is 0. The summed E-state index contributed by atoms with van der Waals surface area (Å²) in [5.74, 6) is 0.681. The Morgan fingerprint density at radius 3 is 2.53 bits per heavy atom. The van der Waals surface area contributed by atoms with E-state index in [2.05, 4.69) is 45.9 Å². The molecule has 0 aromatic heterocycles. The van der Waals surface area contributed by atoms with Gasteiger partial charge in [0.05, 0.1) is 6.10 Å². The van der Waals surface area contributed by atoms with Gasteiger partial charge in [0.15, 0.2) is 0 Å². The van der Waals surface area contributed by atoms with E-state index < -0.39 is 0 Å². The van der Waals surface area contributed by atoms with Gasteiger partial charge < -0.3 is 5.11 Å². The van der Waals surface area contributed by atoms with Crippen LogP contribution in [0.2, 0.25) is 0 Å². The number of unbranched alkanes of at least 4 members (excludes halogenated alkanes) is 1. The SMILES string of the molecule is CCCCC(CC)CC(O)Cc1cc(C)ccc1C. The number of rotatable bonds is 8. The molecular weight excluding hydrogens is 232 g/mol. The molecule has 1 aromatic carbocycles. The highest BCUT2D eigenvalue weighted by atomic mass is 16.3. The van der Waals surface area contributed by atoms with Gasteiger partial charge >= 0.3 is 0 Å². The molecule has 1 aromatic rings. The third kappa shape index (κ3) is 5.78. The molecule has 2 atom stereocenters. The Kier molecular flexibility index (Phi) is 7.15. The van der Waals surface area contributed by atoms with Crippen LogP contribution < -0.4 is 0 Å². The minimum atomic E-state index is -0.192. The van der Waals surface area contributed by atoms with Gasteiger partial charge in [-0.1, -0.05) is 63.3 Å². The van der Waals surface area contributed by atoms with Crippen LogP contribution in [0.3, 0.4) is 0 Å². The fraction of sp³-hybridized carbons (Fsp3) is 0.667. The van der Waals surface area contributed by atoms with E-state index in [1.165, 1.54) is 42.4 Å². The lowest BCUT2D eigenvalue weighted by Gasteiger charge is -2.19. The van der Waals surface area contributed by atoms with E-state index >= 15 is 0 Å². The van der Waals surface area contributed by atoms with E-state index in [-0.39, 0.29) is 6.10 Å². The summed E-state index contributed by atoms with van der Waals surface area (Å²) in [5.41, 5.74) is 3.88. The molecule has 0 aliphatic heterocycles. The predicted molar refractivity (Wildman–Crippen MR) is 83.5 cm³/mol. The quantitative estimate of drug-likeness (QED) is 0.712. The van der Waals surface area contributed by atoms with Gasteiger partial charge in [-0.15, -0.1) is 0 Å². The summed E-state index contributed by atoms with van der Waals surface area (Å²) in [7, 11) is 0. The van der Waals surface area contributed by atoms with Crippen LogP contribution in [-0.2, 0) is 6.42 Å². The molecule has 2 unspecified atom stereocenters. The molecule has 0 fully saturated rings. The zero-order valence-corrected chi connectivity index (χ0v) is 13.1. The molecule has 0 aliphatic rings. The van der Waals surface area contributed by atoms with Crippen LogP contribution >= 0.6 is 0 Å². The number of benzene rings is 1. The first-order chi connectivity index (χ1) is 9.06. The van der Waals surface area contributed by atoms with E-state index in [4.69, 9.17) is 0 Å². The van der Waals surface area contributed by atoms with Crippen molar-refractivity contribution in [3.8, 4) is 0 Å². The smallest absolute Gasteiger partial charge is 0.0583 e. The van der Waals surface area contributed by atoms with Crippen LogP contribution in [0.1, 0.15) is 62.6 Å². The van der Waals surface area contributed by atoms with E-state index in [1.54, 1.807) is 0 Å². The Balaban J connectivity index is 2.53. The Morgan fingerprint density at radius 2 is 1.89 bits per heavy atom. The summed E-state index contributed by atoms with van der Waals surface area (Å²) < 4.78 is 0. The lowest BCUT2D eigenvalue weighted by Crippen LogP contribution is -2.16. The molecule has 0 heterocycles. The number of hydrogen-bond donors (Lipinski definition) is 1. The van der Waals surface area contributed by atoms with Crippen molar-refractivity contribution in [1.82, 2.24) is 0 Å². The third-order valence-electron chi connectivity index (χ3n) is 4.11. The molecule has 1 heteroatoms. The second kappa shape index (κ2) is 8.37. The van der Waals surface area contributed by atoms with E-state index in [0.29, 0.717) is 5.92 Å². The maximum absolute atomic E-state index is 10.3. The van der Waals surface area contributed by atoms with Crippen molar-refractivity contribution >= 4 is 0 Å². The predicted octanol–water partition coefficient (Wildman–Crippen LogP) is 4.81. The molecular formula is C18H30O. The monoisotopic (exact) mass is 262 g/mol. The lowest BCUT2D eigenvalue weighted by molar-refractivity contribution is 0.137. The maximum atomic E-state index is 10.3. The van der Waals surface area contributed by atoms with Crippen molar-refractivity contribution in [3.63, 3.8) is 0 Å². The molecule has 0 saturated carbocycles. The van der Waals surface area contributed by atoms with Crippen LogP contribution in [0.15, 0.2) is 18.2 Å². The molecule has 0 bridgehead atoms. The molecule has 1 nitrogen and oxygen atoms in total. The summed E-state index contributed by atoms with van der Waals surface area (Å²) in [6, 6.07) is 6.51. The summed E-state index contributed by atoms with van der Waals surface area (Å²) in [5, 5.41) is 10.3. The number of aliphatic hydroxyl groups is 1. The van der Waals surface area contributed by atoms with Crippen molar-refractivity contribution in [3.05, 3.63) is 34.9 Å². The molecule has 1 rings (SSSR count). The first kappa shape index (κ1) is 16.2. The zero-order chi connectivity index (χ0) is 14.3. The van der Waals surface area contributed by atoms with Crippen molar-refractivity contribution in [2.24, 2.45) is 5.92 Å². The summed E-state index contributed by atoms with van der Waals surface area (Å²) in [6.45, 7) is 8.73.